The normalized spacial score (nSPS) is 15.5. The Morgan fingerprint density at radius 2 is 1.81 bits per heavy atom. The van der Waals surface area contributed by atoms with E-state index in [0.29, 0.717) is 11.5 Å². The number of fused-ring (bicyclic) bond motifs is 1. The van der Waals surface area contributed by atoms with Gasteiger partial charge in [-0.05, 0) is 56.0 Å². The van der Waals surface area contributed by atoms with Crippen molar-refractivity contribution in [2.75, 3.05) is 10.2 Å². The molecule has 0 radical (unpaired) electrons. The number of nitrogens with zero attached hydrogens (tertiary/aromatic N) is 3. The Morgan fingerprint density at radius 3 is 2.59 bits per heavy atom. The van der Waals surface area contributed by atoms with E-state index in [0.717, 1.165) is 23.4 Å². The number of anilines is 3. The molecule has 5 nitrogen and oxygen atoms in total. The number of rotatable bonds is 3. The predicted octanol–water partition coefficient (Wildman–Crippen LogP) is 4.43. The minimum absolute atomic E-state index is 0.0641. The van der Waals surface area contributed by atoms with E-state index in [2.05, 4.69) is 48.2 Å². The van der Waals surface area contributed by atoms with Crippen LogP contribution in [0.2, 0.25) is 0 Å². The number of hydrogen-bond donors (Lipinski definition) is 1. The van der Waals surface area contributed by atoms with Crippen molar-refractivity contribution in [2.24, 2.45) is 0 Å². The topological polar surface area (TPSA) is 58.1 Å². The molecule has 136 valence electrons. The first-order chi connectivity index (χ1) is 13.0. The molecule has 1 aromatic heterocycles. The average Bonchev–Trinajstić information content (AvgIpc) is 3.01. The lowest BCUT2D eigenvalue weighted by atomic mass is 10.1. The van der Waals surface area contributed by atoms with E-state index in [1.807, 2.05) is 35.2 Å². The highest BCUT2D eigenvalue weighted by molar-refractivity contribution is 6.07. The van der Waals surface area contributed by atoms with Gasteiger partial charge in [0, 0.05) is 29.8 Å². The third-order valence-electron chi connectivity index (χ3n) is 5.18. The molecule has 1 unspecified atom stereocenters. The lowest BCUT2D eigenvalue weighted by Crippen LogP contribution is -2.35. The van der Waals surface area contributed by atoms with Gasteiger partial charge in [-0.15, -0.1) is 0 Å². The Balaban J connectivity index is 1.56. The average molecular weight is 358 g/mol. The smallest absolute Gasteiger partial charge is 0.261 e. The largest absolute Gasteiger partial charge is 0.324 e. The van der Waals surface area contributed by atoms with E-state index in [1.54, 1.807) is 12.4 Å². The summed E-state index contributed by atoms with van der Waals surface area (Å²) in [5.41, 5.74) is 6.00. The second-order valence-electron chi connectivity index (χ2n) is 7.02. The number of amides is 1. The van der Waals surface area contributed by atoms with Crippen molar-refractivity contribution >= 4 is 23.2 Å². The zero-order chi connectivity index (χ0) is 19.0. The highest BCUT2D eigenvalue weighted by Gasteiger charge is 2.31. The maximum absolute atomic E-state index is 13.0. The van der Waals surface area contributed by atoms with Crippen LogP contribution in [0.5, 0.6) is 0 Å². The quantitative estimate of drug-likeness (QED) is 0.752. The molecule has 0 spiro atoms. The van der Waals surface area contributed by atoms with Crippen LogP contribution in [-0.2, 0) is 6.42 Å². The van der Waals surface area contributed by atoms with Gasteiger partial charge in [-0.3, -0.25) is 4.79 Å². The molecule has 1 atom stereocenters. The van der Waals surface area contributed by atoms with Gasteiger partial charge in [0.1, 0.15) is 0 Å². The van der Waals surface area contributed by atoms with Crippen molar-refractivity contribution in [3.63, 3.8) is 0 Å². The minimum atomic E-state index is -0.0641. The van der Waals surface area contributed by atoms with Crippen LogP contribution in [0.4, 0.5) is 17.3 Å². The third kappa shape index (κ3) is 3.16. The third-order valence-corrected chi connectivity index (χ3v) is 5.18. The molecular formula is C22H22N4O. The first kappa shape index (κ1) is 17.2. The van der Waals surface area contributed by atoms with Gasteiger partial charge in [-0.25, -0.2) is 9.97 Å². The Morgan fingerprint density at radius 1 is 1.07 bits per heavy atom. The highest BCUT2D eigenvalue weighted by Crippen LogP contribution is 2.33. The molecule has 2 aromatic carbocycles. The molecule has 0 bridgehead atoms. The lowest BCUT2D eigenvalue weighted by molar-refractivity contribution is 0.0981. The summed E-state index contributed by atoms with van der Waals surface area (Å²) in [7, 11) is 0. The van der Waals surface area contributed by atoms with Crippen molar-refractivity contribution in [3.8, 4) is 0 Å². The molecule has 5 heteroatoms. The minimum Gasteiger partial charge on any atom is -0.324 e. The van der Waals surface area contributed by atoms with Gasteiger partial charge in [0.05, 0.1) is 5.56 Å². The molecule has 2 heterocycles. The standard InChI is InChI=1S/C22H22N4O/c1-14-7-6-9-19(16(14)3)25-22-23-12-18(13-24-22)21(27)26-15(2)11-17-8-4-5-10-20(17)26/h4-10,12-13,15H,11H2,1-3H3,(H,23,24,25). The number of aryl methyl sites for hydroxylation is 1. The zero-order valence-corrected chi connectivity index (χ0v) is 15.7. The van der Waals surface area contributed by atoms with Crippen molar-refractivity contribution in [2.45, 2.75) is 33.2 Å². The van der Waals surface area contributed by atoms with Crippen molar-refractivity contribution in [3.05, 3.63) is 77.1 Å². The molecule has 3 aromatic rings. The fourth-order valence-electron chi connectivity index (χ4n) is 3.52. The molecule has 1 aliphatic heterocycles. The highest BCUT2D eigenvalue weighted by atomic mass is 16.2. The maximum atomic E-state index is 13.0. The Hall–Kier alpha value is -3.21. The van der Waals surface area contributed by atoms with Crippen LogP contribution in [-0.4, -0.2) is 21.9 Å². The summed E-state index contributed by atoms with van der Waals surface area (Å²) < 4.78 is 0. The van der Waals surface area contributed by atoms with Crippen LogP contribution in [0.3, 0.4) is 0 Å². The van der Waals surface area contributed by atoms with Crippen molar-refractivity contribution in [1.82, 2.24) is 9.97 Å². The van der Waals surface area contributed by atoms with Gasteiger partial charge < -0.3 is 10.2 Å². The van der Waals surface area contributed by atoms with E-state index >= 15 is 0 Å². The van der Waals surface area contributed by atoms with Gasteiger partial charge >= 0.3 is 0 Å². The zero-order valence-electron chi connectivity index (χ0n) is 15.7. The second kappa shape index (κ2) is 6.83. The number of hydrogen-bond acceptors (Lipinski definition) is 4. The number of carbonyl (C=O) groups is 1. The molecule has 0 aliphatic carbocycles. The molecule has 0 saturated carbocycles. The van der Waals surface area contributed by atoms with Gasteiger partial charge in [0.15, 0.2) is 0 Å². The van der Waals surface area contributed by atoms with Gasteiger partial charge in [-0.2, -0.15) is 0 Å². The van der Waals surface area contributed by atoms with Gasteiger partial charge in [0.2, 0.25) is 5.95 Å². The van der Waals surface area contributed by atoms with E-state index < -0.39 is 0 Å². The fourth-order valence-corrected chi connectivity index (χ4v) is 3.52. The van der Waals surface area contributed by atoms with E-state index in [1.165, 1.54) is 11.1 Å². The summed E-state index contributed by atoms with van der Waals surface area (Å²) in [6.45, 7) is 6.19. The maximum Gasteiger partial charge on any atom is 0.261 e. The molecule has 27 heavy (non-hydrogen) atoms. The first-order valence-electron chi connectivity index (χ1n) is 9.11. The van der Waals surface area contributed by atoms with Gasteiger partial charge in [-0.1, -0.05) is 30.3 Å². The van der Waals surface area contributed by atoms with Crippen LogP contribution >= 0.6 is 0 Å². The SMILES string of the molecule is Cc1cccc(Nc2ncc(C(=O)N3c4ccccc4CC3C)cn2)c1C. The Bertz CT molecular complexity index is 997. The molecule has 4 rings (SSSR count). The predicted molar refractivity (Wildman–Crippen MR) is 108 cm³/mol. The van der Waals surface area contributed by atoms with E-state index in [9.17, 15) is 4.79 Å². The number of aromatic nitrogens is 2. The summed E-state index contributed by atoms with van der Waals surface area (Å²) in [6.07, 6.45) is 4.06. The van der Waals surface area contributed by atoms with Crippen molar-refractivity contribution in [1.29, 1.82) is 0 Å². The van der Waals surface area contributed by atoms with Crippen LogP contribution in [0, 0.1) is 13.8 Å². The summed E-state index contributed by atoms with van der Waals surface area (Å²) >= 11 is 0. The van der Waals surface area contributed by atoms with E-state index in [4.69, 9.17) is 0 Å². The fraction of sp³-hybridized carbons (Fsp3) is 0.227. The number of para-hydroxylation sites is 1. The number of benzene rings is 2. The van der Waals surface area contributed by atoms with Crippen LogP contribution in [0.1, 0.15) is 34.0 Å². The molecule has 1 N–H and O–H groups in total. The summed E-state index contributed by atoms with van der Waals surface area (Å²) in [5.74, 6) is 0.417. The Kier molecular flexibility index (Phi) is 4.36. The molecule has 0 fully saturated rings. The summed E-state index contributed by atoms with van der Waals surface area (Å²) in [5, 5.41) is 3.23. The van der Waals surface area contributed by atoms with Crippen LogP contribution in [0.25, 0.3) is 0 Å². The first-order valence-corrected chi connectivity index (χ1v) is 9.11. The van der Waals surface area contributed by atoms with Crippen LogP contribution in [0.15, 0.2) is 54.9 Å². The van der Waals surface area contributed by atoms with Crippen molar-refractivity contribution < 1.29 is 4.79 Å². The molecule has 1 aliphatic rings. The Labute approximate surface area is 159 Å². The summed E-state index contributed by atoms with van der Waals surface area (Å²) in [4.78, 5) is 23.6. The lowest BCUT2D eigenvalue weighted by Gasteiger charge is -2.22. The monoisotopic (exact) mass is 358 g/mol. The molecular weight excluding hydrogens is 336 g/mol. The van der Waals surface area contributed by atoms with Crippen LogP contribution < -0.4 is 10.2 Å². The molecule has 0 saturated heterocycles. The second-order valence-corrected chi connectivity index (χ2v) is 7.02. The number of nitrogens with one attached hydrogen (secondary N) is 1. The van der Waals surface area contributed by atoms with E-state index in [-0.39, 0.29) is 11.9 Å². The summed E-state index contributed by atoms with van der Waals surface area (Å²) in [6, 6.07) is 14.2. The van der Waals surface area contributed by atoms with Gasteiger partial charge in [0.25, 0.3) is 5.91 Å². The molecule has 1 amide bonds. The number of carbonyl (C=O) groups excluding carboxylic acids is 1.